The fourth-order valence-electron chi connectivity index (χ4n) is 1.07. The molecule has 0 aliphatic carbocycles. The van der Waals surface area contributed by atoms with Crippen LogP contribution in [0, 0.1) is 0 Å². The lowest BCUT2D eigenvalue weighted by atomic mass is 10.1. The van der Waals surface area contributed by atoms with Crippen LogP contribution in [0.3, 0.4) is 0 Å². The molecule has 14 heavy (non-hydrogen) atoms. The first-order valence-electron chi connectivity index (χ1n) is 4.14. The Labute approximate surface area is 87.3 Å². The molecule has 76 valence electrons. The summed E-state index contributed by atoms with van der Waals surface area (Å²) in [6.07, 6.45) is -0.919. The lowest BCUT2D eigenvalue weighted by Gasteiger charge is -2.09. The zero-order chi connectivity index (χ0) is 10.6. The van der Waals surface area contributed by atoms with Crippen molar-refractivity contribution < 1.29 is 14.6 Å². The number of aliphatic hydroxyl groups is 1. The first kappa shape index (κ1) is 11.0. The Bertz CT molecular complexity index is 325. The first-order chi connectivity index (χ1) is 6.63. The highest BCUT2D eigenvalue weighted by Crippen LogP contribution is 2.20. The largest absolute Gasteiger partial charge is 0.469 e. The molecule has 0 fully saturated rings. The van der Waals surface area contributed by atoms with Gasteiger partial charge in [-0.05, 0) is 17.7 Å². The molecule has 1 atom stereocenters. The summed E-state index contributed by atoms with van der Waals surface area (Å²) in [6, 6.07) is 6.75. The predicted molar refractivity (Wildman–Crippen MR) is 53.0 cm³/mol. The zero-order valence-corrected chi connectivity index (χ0v) is 8.49. The molecule has 0 aliphatic rings. The van der Waals surface area contributed by atoms with Crippen molar-refractivity contribution in [3.05, 3.63) is 34.9 Å². The van der Waals surface area contributed by atoms with E-state index < -0.39 is 12.1 Å². The van der Waals surface area contributed by atoms with Gasteiger partial charge in [-0.25, -0.2) is 0 Å². The van der Waals surface area contributed by atoms with Crippen LogP contribution < -0.4 is 0 Å². The molecule has 0 spiro atoms. The van der Waals surface area contributed by atoms with E-state index in [1.165, 1.54) is 7.11 Å². The Balaban J connectivity index is 2.69. The highest BCUT2D eigenvalue weighted by atomic mass is 35.5. The quantitative estimate of drug-likeness (QED) is 0.783. The minimum absolute atomic E-state index is 0.0587. The molecule has 1 rings (SSSR count). The molecule has 1 aromatic carbocycles. The second-order valence-corrected chi connectivity index (χ2v) is 3.29. The van der Waals surface area contributed by atoms with Crippen LogP contribution in [0.25, 0.3) is 0 Å². The maximum absolute atomic E-state index is 10.9. The SMILES string of the molecule is COC(=O)CC(O)c1cccc(Cl)c1. The molecule has 0 bridgehead atoms. The average Bonchev–Trinajstić information content (AvgIpc) is 2.17. The van der Waals surface area contributed by atoms with Crippen LogP contribution in [0.4, 0.5) is 0 Å². The normalized spacial score (nSPS) is 12.2. The number of hydrogen-bond acceptors (Lipinski definition) is 3. The minimum atomic E-state index is -0.860. The number of carbonyl (C=O) groups is 1. The topological polar surface area (TPSA) is 46.5 Å². The fourth-order valence-corrected chi connectivity index (χ4v) is 1.27. The minimum Gasteiger partial charge on any atom is -0.469 e. The van der Waals surface area contributed by atoms with Crippen molar-refractivity contribution in [3.8, 4) is 0 Å². The van der Waals surface area contributed by atoms with Gasteiger partial charge in [-0.1, -0.05) is 23.7 Å². The lowest BCUT2D eigenvalue weighted by Crippen LogP contribution is -2.07. The van der Waals surface area contributed by atoms with E-state index in [9.17, 15) is 9.90 Å². The molecular weight excluding hydrogens is 204 g/mol. The van der Waals surface area contributed by atoms with Crippen molar-refractivity contribution in [2.75, 3.05) is 7.11 Å². The molecule has 0 saturated carbocycles. The molecule has 4 heteroatoms. The van der Waals surface area contributed by atoms with Gasteiger partial charge in [0.1, 0.15) is 0 Å². The number of hydrogen-bond donors (Lipinski definition) is 1. The van der Waals surface area contributed by atoms with Gasteiger partial charge in [-0.15, -0.1) is 0 Å². The smallest absolute Gasteiger partial charge is 0.308 e. The molecular formula is C10H11ClO3. The average molecular weight is 215 g/mol. The van der Waals surface area contributed by atoms with Crippen molar-refractivity contribution in [2.45, 2.75) is 12.5 Å². The van der Waals surface area contributed by atoms with E-state index in [2.05, 4.69) is 4.74 Å². The third-order valence-electron chi connectivity index (χ3n) is 1.82. The second kappa shape index (κ2) is 4.98. The third-order valence-corrected chi connectivity index (χ3v) is 2.06. The van der Waals surface area contributed by atoms with E-state index in [4.69, 9.17) is 11.6 Å². The van der Waals surface area contributed by atoms with Crippen molar-refractivity contribution in [1.82, 2.24) is 0 Å². The van der Waals surface area contributed by atoms with E-state index in [1.54, 1.807) is 24.3 Å². The fraction of sp³-hybridized carbons (Fsp3) is 0.300. The van der Waals surface area contributed by atoms with Crippen molar-refractivity contribution in [3.63, 3.8) is 0 Å². The van der Waals surface area contributed by atoms with E-state index >= 15 is 0 Å². The van der Waals surface area contributed by atoms with Gasteiger partial charge in [-0.3, -0.25) is 4.79 Å². The summed E-state index contributed by atoms with van der Waals surface area (Å²) in [5, 5.41) is 10.1. The molecule has 3 nitrogen and oxygen atoms in total. The van der Waals surface area contributed by atoms with E-state index in [0.29, 0.717) is 10.6 Å². The van der Waals surface area contributed by atoms with Gasteiger partial charge in [0, 0.05) is 5.02 Å². The van der Waals surface area contributed by atoms with Crippen LogP contribution in [0.15, 0.2) is 24.3 Å². The monoisotopic (exact) mass is 214 g/mol. The zero-order valence-electron chi connectivity index (χ0n) is 7.74. The summed E-state index contributed by atoms with van der Waals surface area (Å²) in [5.74, 6) is -0.447. The van der Waals surface area contributed by atoms with Gasteiger partial charge in [0.15, 0.2) is 0 Å². The summed E-state index contributed by atoms with van der Waals surface area (Å²) < 4.78 is 4.44. The number of ether oxygens (including phenoxy) is 1. The van der Waals surface area contributed by atoms with Crippen LogP contribution in [-0.2, 0) is 9.53 Å². The Hall–Kier alpha value is -1.06. The molecule has 0 amide bonds. The van der Waals surface area contributed by atoms with Crippen LogP contribution in [0.5, 0.6) is 0 Å². The molecule has 0 radical (unpaired) electrons. The Morgan fingerprint density at radius 2 is 2.36 bits per heavy atom. The number of rotatable bonds is 3. The van der Waals surface area contributed by atoms with Gasteiger partial charge >= 0.3 is 5.97 Å². The number of aliphatic hydroxyl groups excluding tert-OH is 1. The Morgan fingerprint density at radius 3 is 2.93 bits per heavy atom. The van der Waals surface area contributed by atoms with E-state index in [-0.39, 0.29) is 6.42 Å². The van der Waals surface area contributed by atoms with Crippen LogP contribution >= 0.6 is 11.6 Å². The van der Waals surface area contributed by atoms with Crippen LogP contribution in [0.2, 0.25) is 5.02 Å². The first-order valence-corrected chi connectivity index (χ1v) is 4.51. The summed E-state index contributed by atoms with van der Waals surface area (Å²) >= 11 is 5.73. The van der Waals surface area contributed by atoms with Crippen LogP contribution in [0.1, 0.15) is 18.1 Å². The molecule has 1 N–H and O–H groups in total. The molecule has 0 aromatic heterocycles. The van der Waals surface area contributed by atoms with Gasteiger partial charge in [0.25, 0.3) is 0 Å². The van der Waals surface area contributed by atoms with Gasteiger partial charge in [-0.2, -0.15) is 0 Å². The summed E-state index contributed by atoms with van der Waals surface area (Å²) in [5.41, 5.74) is 0.614. The van der Waals surface area contributed by atoms with Gasteiger partial charge < -0.3 is 9.84 Å². The number of methoxy groups -OCH3 is 1. The molecule has 0 saturated heterocycles. The molecule has 1 unspecified atom stereocenters. The summed E-state index contributed by atoms with van der Waals surface area (Å²) in [7, 11) is 1.28. The van der Waals surface area contributed by atoms with Gasteiger partial charge in [0.2, 0.25) is 0 Å². The second-order valence-electron chi connectivity index (χ2n) is 2.85. The van der Waals surface area contributed by atoms with Crippen LogP contribution in [-0.4, -0.2) is 18.2 Å². The van der Waals surface area contributed by atoms with E-state index in [0.717, 1.165) is 0 Å². The number of esters is 1. The summed E-state index contributed by atoms with van der Waals surface area (Å²) in [4.78, 5) is 10.9. The third kappa shape index (κ3) is 3.01. The maximum Gasteiger partial charge on any atom is 0.308 e. The Kier molecular flexibility index (Phi) is 3.92. The standard InChI is InChI=1S/C10H11ClO3/c1-14-10(13)6-9(12)7-3-2-4-8(11)5-7/h2-5,9,12H,6H2,1H3. The van der Waals surface area contributed by atoms with E-state index in [1.807, 2.05) is 0 Å². The molecule has 1 aromatic rings. The molecule has 0 heterocycles. The number of benzene rings is 1. The lowest BCUT2D eigenvalue weighted by molar-refractivity contribution is -0.142. The highest BCUT2D eigenvalue weighted by Gasteiger charge is 2.12. The van der Waals surface area contributed by atoms with Crippen molar-refractivity contribution >= 4 is 17.6 Å². The van der Waals surface area contributed by atoms with Gasteiger partial charge in [0.05, 0.1) is 19.6 Å². The Morgan fingerprint density at radius 1 is 1.64 bits per heavy atom. The molecule has 0 aliphatic heterocycles. The number of halogens is 1. The predicted octanol–water partition coefficient (Wildman–Crippen LogP) is 1.94. The van der Waals surface area contributed by atoms with Crippen molar-refractivity contribution in [1.29, 1.82) is 0 Å². The number of carbonyl (C=O) groups excluding carboxylic acids is 1. The van der Waals surface area contributed by atoms with Crippen molar-refractivity contribution in [2.24, 2.45) is 0 Å². The maximum atomic E-state index is 10.9. The summed E-state index contributed by atoms with van der Waals surface area (Å²) in [6.45, 7) is 0. The highest BCUT2D eigenvalue weighted by molar-refractivity contribution is 6.30.